The highest BCUT2D eigenvalue weighted by Crippen LogP contribution is 2.38. The third-order valence-corrected chi connectivity index (χ3v) is 6.09. The van der Waals surface area contributed by atoms with Crippen molar-refractivity contribution in [3.05, 3.63) is 29.6 Å². The van der Waals surface area contributed by atoms with Crippen molar-refractivity contribution in [3.63, 3.8) is 0 Å². The number of benzene rings is 1. The maximum Gasteiger partial charge on any atom is 0.137 e. The first-order valence-electron chi connectivity index (χ1n) is 6.57. The zero-order valence-corrected chi connectivity index (χ0v) is 12.0. The predicted molar refractivity (Wildman–Crippen MR) is 77.9 cm³/mol. The molecule has 0 aliphatic carbocycles. The van der Waals surface area contributed by atoms with E-state index in [1.54, 1.807) is 17.8 Å². The van der Waals surface area contributed by atoms with E-state index in [1.807, 2.05) is 6.07 Å². The topological polar surface area (TPSA) is 12.0 Å². The Labute approximate surface area is 116 Å². The van der Waals surface area contributed by atoms with E-state index in [1.165, 1.54) is 17.9 Å². The number of rotatable bonds is 3. The number of hydrogen-bond donors (Lipinski definition) is 1. The summed E-state index contributed by atoms with van der Waals surface area (Å²) in [5.41, 5.74) is 1.16. The lowest BCUT2D eigenvalue weighted by Gasteiger charge is -2.27. The molecule has 0 spiro atoms. The van der Waals surface area contributed by atoms with Gasteiger partial charge in [0.1, 0.15) is 5.82 Å². The Kier molecular flexibility index (Phi) is 4.16. The lowest BCUT2D eigenvalue weighted by Crippen LogP contribution is -2.29. The molecule has 18 heavy (non-hydrogen) atoms. The van der Waals surface area contributed by atoms with Crippen molar-refractivity contribution in [1.82, 2.24) is 5.32 Å². The van der Waals surface area contributed by atoms with Crippen molar-refractivity contribution in [3.8, 4) is 0 Å². The van der Waals surface area contributed by atoms with Crippen LogP contribution in [0.5, 0.6) is 0 Å². The molecule has 4 heteroatoms. The fraction of sp³-hybridized carbons (Fsp3) is 0.571. The molecule has 1 nitrogen and oxygen atoms in total. The maximum atomic E-state index is 13.7. The summed E-state index contributed by atoms with van der Waals surface area (Å²) in [6.45, 7) is 1.08. The molecule has 98 valence electrons. The fourth-order valence-electron chi connectivity index (χ4n) is 2.65. The number of fused-ring (bicyclic) bond motifs is 1. The molecule has 2 unspecified atom stereocenters. The normalized spacial score (nSPS) is 27.2. The summed E-state index contributed by atoms with van der Waals surface area (Å²) < 4.78 is 13.7. The van der Waals surface area contributed by atoms with Crippen molar-refractivity contribution < 1.29 is 4.39 Å². The van der Waals surface area contributed by atoms with Crippen LogP contribution in [0.15, 0.2) is 23.1 Å². The van der Waals surface area contributed by atoms with E-state index in [-0.39, 0.29) is 5.82 Å². The minimum absolute atomic E-state index is 0.0552. The van der Waals surface area contributed by atoms with E-state index in [0.717, 1.165) is 35.1 Å². The molecule has 0 amide bonds. The van der Waals surface area contributed by atoms with E-state index in [2.05, 4.69) is 23.1 Å². The Bertz CT molecular complexity index is 418. The zero-order valence-electron chi connectivity index (χ0n) is 10.3. The van der Waals surface area contributed by atoms with Gasteiger partial charge in [-0.15, -0.1) is 11.8 Å². The smallest absolute Gasteiger partial charge is 0.137 e. The van der Waals surface area contributed by atoms with Gasteiger partial charge in [0.15, 0.2) is 0 Å². The quantitative estimate of drug-likeness (QED) is 0.908. The van der Waals surface area contributed by atoms with Crippen molar-refractivity contribution in [2.75, 3.05) is 23.8 Å². The van der Waals surface area contributed by atoms with E-state index in [0.29, 0.717) is 6.04 Å². The van der Waals surface area contributed by atoms with Crippen molar-refractivity contribution >= 4 is 23.5 Å². The van der Waals surface area contributed by atoms with Crippen LogP contribution in [0.1, 0.15) is 24.4 Å². The molecule has 0 saturated carbocycles. The Morgan fingerprint density at radius 2 is 2.22 bits per heavy atom. The highest BCUT2D eigenvalue weighted by Gasteiger charge is 2.24. The van der Waals surface area contributed by atoms with Crippen molar-refractivity contribution in [2.45, 2.75) is 23.8 Å². The van der Waals surface area contributed by atoms with Gasteiger partial charge in [-0.3, -0.25) is 0 Å². The van der Waals surface area contributed by atoms with Crippen LogP contribution in [0.4, 0.5) is 4.39 Å². The monoisotopic (exact) mass is 283 g/mol. The molecular weight excluding hydrogens is 265 g/mol. The van der Waals surface area contributed by atoms with Gasteiger partial charge in [-0.1, -0.05) is 12.1 Å². The lowest BCUT2D eigenvalue weighted by molar-refractivity contribution is 0.441. The first kappa shape index (κ1) is 12.8. The molecule has 1 fully saturated rings. The highest BCUT2D eigenvalue weighted by atomic mass is 32.2. The number of halogens is 1. The molecule has 2 aliphatic heterocycles. The SMILES string of the molecule is Fc1cccc2c1SCCC2NCC1CCSC1. The summed E-state index contributed by atoms with van der Waals surface area (Å²) in [5.74, 6) is 4.36. The van der Waals surface area contributed by atoms with Crippen LogP contribution < -0.4 is 5.32 Å². The zero-order chi connectivity index (χ0) is 12.4. The van der Waals surface area contributed by atoms with Gasteiger partial charge in [0.25, 0.3) is 0 Å². The second-order valence-corrected chi connectivity index (χ2v) is 7.24. The molecule has 2 aliphatic rings. The third kappa shape index (κ3) is 2.70. The Morgan fingerprint density at radius 1 is 1.28 bits per heavy atom. The van der Waals surface area contributed by atoms with Crippen molar-refractivity contribution in [2.24, 2.45) is 5.92 Å². The number of hydrogen-bond acceptors (Lipinski definition) is 3. The standard InChI is InChI=1S/C14H18FNS2/c15-12-3-1-2-11-13(5-7-18-14(11)12)16-8-10-4-6-17-9-10/h1-3,10,13,16H,4-9H2. The summed E-state index contributed by atoms with van der Waals surface area (Å²) in [6.07, 6.45) is 2.44. The van der Waals surface area contributed by atoms with E-state index in [9.17, 15) is 4.39 Å². The molecule has 3 rings (SSSR count). The summed E-state index contributed by atoms with van der Waals surface area (Å²) in [7, 11) is 0. The van der Waals surface area contributed by atoms with Gasteiger partial charge in [0, 0.05) is 10.9 Å². The summed E-state index contributed by atoms with van der Waals surface area (Å²) in [6, 6.07) is 5.83. The van der Waals surface area contributed by atoms with Gasteiger partial charge >= 0.3 is 0 Å². The average molecular weight is 283 g/mol. The first-order valence-corrected chi connectivity index (χ1v) is 8.71. The molecular formula is C14H18FNS2. The van der Waals surface area contributed by atoms with Crippen LogP contribution in [-0.4, -0.2) is 23.8 Å². The van der Waals surface area contributed by atoms with Crippen LogP contribution in [0.25, 0.3) is 0 Å². The van der Waals surface area contributed by atoms with Gasteiger partial charge in [-0.05, 0) is 54.2 Å². The van der Waals surface area contributed by atoms with Crippen LogP contribution >= 0.6 is 23.5 Å². The summed E-state index contributed by atoms with van der Waals surface area (Å²) >= 11 is 3.71. The van der Waals surface area contributed by atoms with Crippen molar-refractivity contribution in [1.29, 1.82) is 0 Å². The Morgan fingerprint density at radius 3 is 3.06 bits per heavy atom. The van der Waals surface area contributed by atoms with E-state index < -0.39 is 0 Å². The van der Waals surface area contributed by atoms with Crippen LogP contribution in [0, 0.1) is 11.7 Å². The summed E-state index contributed by atoms with van der Waals surface area (Å²) in [4.78, 5) is 0.863. The predicted octanol–water partition coefficient (Wildman–Crippen LogP) is 3.71. The van der Waals surface area contributed by atoms with Gasteiger partial charge in [0.2, 0.25) is 0 Å². The highest BCUT2D eigenvalue weighted by molar-refractivity contribution is 7.99. The first-order chi connectivity index (χ1) is 8.84. The van der Waals surface area contributed by atoms with Gasteiger partial charge in [-0.25, -0.2) is 4.39 Å². The van der Waals surface area contributed by atoms with E-state index in [4.69, 9.17) is 0 Å². The average Bonchev–Trinajstić information content (AvgIpc) is 2.90. The lowest BCUT2D eigenvalue weighted by atomic mass is 10.0. The van der Waals surface area contributed by atoms with Gasteiger partial charge < -0.3 is 5.32 Å². The third-order valence-electron chi connectivity index (χ3n) is 3.70. The largest absolute Gasteiger partial charge is 0.310 e. The molecule has 1 aromatic carbocycles. The number of thioether (sulfide) groups is 2. The second kappa shape index (κ2) is 5.85. The molecule has 0 bridgehead atoms. The minimum Gasteiger partial charge on any atom is -0.310 e. The van der Waals surface area contributed by atoms with Crippen LogP contribution in [0.3, 0.4) is 0 Å². The maximum absolute atomic E-state index is 13.7. The van der Waals surface area contributed by atoms with Crippen LogP contribution in [-0.2, 0) is 0 Å². The molecule has 0 radical (unpaired) electrons. The molecule has 2 heterocycles. The van der Waals surface area contributed by atoms with Crippen LogP contribution in [0.2, 0.25) is 0 Å². The molecule has 1 aromatic rings. The molecule has 2 atom stereocenters. The molecule has 1 N–H and O–H groups in total. The Balaban J connectivity index is 1.69. The summed E-state index contributed by atoms with van der Waals surface area (Å²) in [5, 5.41) is 3.65. The molecule has 1 saturated heterocycles. The van der Waals surface area contributed by atoms with Gasteiger partial charge in [-0.2, -0.15) is 11.8 Å². The van der Waals surface area contributed by atoms with Gasteiger partial charge in [0.05, 0.1) is 0 Å². The van der Waals surface area contributed by atoms with E-state index >= 15 is 0 Å². The fourth-order valence-corrected chi connectivity index (χ4v) is 5.08. The molecule has 0 aromatic heterocycles. The number of nitrogens with one attached hydrogen (secondary N) is 1. The Hall–Kier alpha value is -0.190. The minimum atomic E-state index is -0.0552. The second-order valence-electron chi connectivity index (χ2n) is 4.99.